The molecule has 0 saturated heterocycles. The van der Waals surface area contributed by atoms with Crippen LogP contribution in [0.3, 0.4) is 0 Å². The molecule has 0 heterocycles. The van der Waals surface area contributed by atoms with Crippen LogP contribution < -0.4 is 5.32 Å². The number of rotatable bonds is 5. The lowest BCUT2D eigenvalue weighted by Gasteiger charge is -2.08. The molecule has 1 amide bonds. The average molecular weight is 289 g/mol. The molecule has 1 aromatic rings. The molecule has 4 nitrogen and oxygen atoms in total. The van der Waals surface area contributed by atoms with E-state index in [1.165, 1.54) is 0 Å². The fourth-order valence-electron chi connectivity index (χ4n) is 1.41. The minimum absolute atomic E-state index is 0.0691. The largest absolute Gasteiger partial charge is 0.466 e. The third-order valence-corrected chi connectivity index (χ3v) is 2.36. The second kappa shape index (κ2) is 6.93. The van der Waals surface area contributed by atoms with Crippen LogP contribution in [0.5, 0.6) is 0 Å². The van der Waals surface area contributed by atoms with E-state index in [1.807, 2.05) is 0 Å². The molecule has 0 aliphatic rings. The molecule has 20 heavy (non-hydrogen) atoms. The summed E-state index contributed by atoms with van der Waals surface area (Å²) in [6.07, 6.45) is -4.56. The van der Waals surface area contributed by atoms with Crippen molar-refractivity contribution in [1.82, 2.24) is 0 Å². The smallest absolute Gasteiger partial charge is 0.416 e. The van der Waals surface area contributed by atoms with Crippen molar-refractivity contribution < 1.29 is 27.5 Å². The second-order valence-electron chi connectivity index (χ2n) is 3.93. The van der Waals surface area contributed by atoms with Gasteiger partial charge >= 0.3 is 12.1 Å². The zero-order valence-corrected chi connectivity index (χ0v) is 10.8. The van der Waals surface area contributed by atoms with E-state index in [2.05, 4.69) is 10.1 Å². The normalized spacial score (nSPS) is 11.0. The van der Waals surface area contributed by atoms with Gasteiger partial charge in [0.05, 0.1) is 18.6 Å². The molecule has 7 heteroatoms. The molecular weight excluding hydrogens is 275 g/mol. The van der Waals surface area contributed by atoms with Crippen LogP contribution in [0, 0.1) is 0 Å². The van der Waals surface area contributed by atoms with Crippen LogP contribution in [-0.2, 0) is 20.5 Å². The third-order valence-electron chi connectivity index (χ3n) is 2.36. The first-order chi connectivity index (χ1) is 9.32. The lowest BCUT2D eigenvalue weighted by molar-refractivity contribution is -0.144. The van der Waals surface area contributed by atoms with Crippen LogP contribution in [0.15, 0.2) is 24.3 Å². The highest BCUT2D eigenvalue weighted by Crippen LogP contribution is 2.29. The minimum atomic E-state index is -4.41. The Kier molecular flexibility index (Phi) is 5.54. The number of anilines is 1. The number of alkyl halides is 3. The second-order valence-corrected chi connectivity index (χ2v) is 3.93. The van der Waals surface area contributed by atoms with Crippen molar-refractivity contribution in [2.24, 2.45) is 0 Å². The van der Waals surface area contributed by atoms with Gasteiger partial charge in [-0.2, -0.15) is 13.2 Å². The summed E-state index contributed by atoms with van der Waals surface area (Å²) in [6.45, 7) is 1.89. The van der Waals surface area contributed by atoms with Crippen LogP contribution in [0.1, 0.15) is 25.3 Å². The molecule has 0 aromatic heterocycles. The summed E-state index contributed by atoms with van der Waals surface area (Å²) in [7, 11) is 0. The fourth-order valence-corrected chi connectivity index (χ4v) is 1.41. The molecule has 0 radical (unpaired) electrons. The number of carbonyl (C=O) groups excluding carboxylic acids is 2. The van der Waals surface area contributed by atoms with E-state index in [0.29, 0.717) is 0 Å². The Morgan fingerprint density at radius 3 is 2.25 bits per heavy atom. The standard InChI is InChI=1S/C13H14F3NO3/c1-2-20-12(19)8-7-11(18)17-10-5-3-9(4-6-10)13(14,15)16/h3-6H,2,7-8H2,1H3,(H,17,18). The van der Waals surface area contributed by atoms with Gasteiger partial charge in [-0.05, 0) is 31.2 Å². The van der Waals surface area contributed by atoms with E-state index < -0.39 is 23.6 Å². The topological polar surface area (TPSA) is 55.4 Å². The van der Waals surface area contributed by atoms with Gasteiger partial charge in [0.25, 0.3) is 0 Å². The molecule has 0 atom stereocenters. The van der Waals surface area contributed by atoms with Gasteiger partial charge in [-0.3, -0.25) is 9.59 Å². The number of hydrogen-bond donors (Lipinski definition) is 1. The van der Waals surface area contributed by atoms with Crippen molar-refractivity contribution in [3.05, 3.63) is 29.8 Å². The van der Waals surface area contributed by atoms with E-state index >= 15 is 0 Å². The summed E-state index contributed by atoms with van der Waals surface area (Å²) < 4.78 is 41.6. The zero-order chi connectivity index (χ0) is 15.2. The van der Waals surface area contributed by atoms with Crippen molar-refractivity contribution in [1.29, 1.82) is 0 Å². The molecule has 0 fully saturated rings. The van der Waals surface area contributed by atoms with Gasteiger partial charge in [0.15, 0.2) is 0 Å². The van der Waals surface area contributed by atoms with E-state index in [4.69, 9.17) is 0 Å². The van der Waals surface area contributed by atoms with E-state index in [-0.39, 0.29) is 25.1 Å². The molecule has 0 aliphatic carbocycles. The maximum atomic E-state index is 12.3. The maximum Gasteiger partial charge on any atom is 0.416 e. The molecule has 0 bridgehead atoms. The van der Waals surface area contributed by atoms with Gasteiger partial charge in [-0.1, -0.05) is 0 Å². The van der Waals surface area contributed by atoms with Crippen molar-refractivity contribution in [2.45, 2.75) is 25.9 Å². The highest BCUT2D eigenvalue weighted by Gasteiger charge is 2.29. The lowest BCUT2D eigenvalue weighted by Crippen LogP contribution is -2.14. The van der Waals surface area contributed by atoms with Gasteiger partial charge < -0.3 is 10.1 Å². The molecular formula is C13H14F3NO3. The van der Waals surface area contributed by atoms with Crippen LogP contribution >= 0.6 is 0 Å². The minimum Gasteiger partial charge on any atom is -0.466 e. The van der Waals surface area contributed by atoms with Crippen molar-refractivity contribution in [2.75, 3.05) is 11.9 Å². The molecule has 0 aliphatic heterocycles. The van der Waals surface area contributed by atoms with E-state index in [1.54, 1.807) is 6.92 Å². The number of nitrogens with one attached hydrogen (secondary N) is 1. The monoisotopic (exact) mass is 289 g/mol. The summed E-state index contributed by atoms with van der Waals surface area (Å²) >= 11 is 0. The summed E-state index contributed by atoms with van der Waals surface area (Å²) in [5.41, 5.74) is -0.547. The summed E-state index contributed by atoms with van der Waals surface area (Å²) in [4.78, 5) is 22.5. The number of ether oxygens (including phenoxy) is 1. The predicted molar refractivity (Wildman–Crippen MR) is 65.9 cm³/mol. The fraction of sp³-hybridized carbons (Fsp3) is 0.385. The third kappa shape index (κ3) is 5.29. The number of amides is 1. The number of carbonyl (C=O) groups is 2. The number of hydrogen-bond acceptors (Lipinski definition) is 3. The molecule has 0 spiro atoms. The van der Waals surface area contributed by atoms with Crippen LogP contribution in [0.2, 0.25) is 0 Å². The lowest BCUT2D eigenvalue weighted by atomic mass is 10.2. The first-order valence-corrected chi connectivity index (χ1v) is 5.95. The number of esters is 1. The summed E-state index contributed by atoms with van der Waals surface area (Å²) in [5, 5.41) is 2.40. The van der Waals surface area contributed by atoms with Gasteiger partial charge in [0.2, 0.25) is 5.91 Å². The van der Waals surface area contributed by atoms with Gasteiger partial charge in [-0.15, -0.1) is 0 Å². The molecule has 1 aromatic carbocycles. The Bertz CT molecular complexity index is 469. The molecule has 0 saturated carbocycles. The van der Waals surface area contributed by atoms with E-state index in [0.717, 1.165) is 24.3 Å². The average Bonchev–Trinajstić information content (AvgIpc) is 2.36. The highest BCUT2D eigenvalue weighted by molar-refractivity contribution is 5.92. The van der Waals surface area contributed by atoms with Crippen LogP contribution in [0.25, 0.3) is 0 Å². The molecule has 0 unspecified atom stereocenters. The zero-order valence-electron chi connectivity index (χ0n) is 10.8. The van der Waals surface area contributed by atoms with Crippen molar-refractivity contribution >= 4 is 17.6 Å². The van der Waals surface area contributed by atoms with E-state index in [9.17, 15) is 22.8 Å². The Morgan fingerprint density at radius 1 is 1.15 bits per heavy atom. The predicted octanol–water partition coefficient (Wildman–Crippen LogP) is 2.99. The molecule has 110 valence electrons. The first kappa shape index (κ1) is 16.0. The Labute approximate surface area is 113 Å². The summed E-state index contributed by atoms with van der Waals surface area (Å²) in [6, 6.07) is 4.07. The Hall–Kier alpha value is -2.05. The van der Waals surface area contributed by atoms with Crippen molar-refractivity contribution in [3.8, 4) is 0 Å². The SMILES string of the molecule is CCOC(=O)CCC(=O)Nc1ccc(C(F)(F)F)cc1. The summed E-state index contributed by atoms with van der Waals surface area (Å²) in [5.74, 6) is -0.951. The first-order valence-electron chi connectivity index (χ1n) is 5.95. The highest BCUT2D eigenvalue weighted by atomic mass is 19.4. The Balaban J connectivity index is 2.48. The van der Waals surface area contributed by atoms with Crippen LogP contribution in [0.4, 0.5) is 18.9 Å². The van der Waals surface area contributed by atoms with Crippen molar-refractivity contribution in [3.63, 3.8) is 0 Å². The number of halogens is 3. The maximum absolute atomic E-state index is 12.3. The Morgan fingerprint density at radius 2 is 1.75 bits per heavy atom. The molecule has 1 N–H and O–H groups in total. The van der Waals surface area contributed by atoms with Crippen LogP contribution in [-0.4, -0.2) is 18.5 Å². The van der Waals surface area contributed by atoms with Gasteiger partial charge in [0, 0.05) is 12.1 Å². The van der Waals surface area contributed by atoms with Gasteiger partial charge in [0.1, 0.15) is 0 Å². The number of benzene rings is 1. The quantitative estimate of drug-likeness (QED) is 0.848. The molecule has 1 rings (SSSR count). The van der Waals surface area contributed by atoms with Gasteiger partial charge in [-0.25, -0.2) is 0 Å².